The minimum atomic E-state index is -0.197. The van der Waals surface area contributed by atoms with Crippen LogP contribution in [0.25, 0.3) is 0 Å². The third-order valence-corrected chi connectivity index (χ3v) is 0.268. The smallest absolute Gasteiger partial charge is 0.607 e. The molecule has 7 heavy (non-hydrogen) atoms. The first kappa shape index (κ1) is 10.3. The predicted molar refractivity (Wildman–Crippen MR) is 21.1 cm³/mol. The summed E-state index contributed by atoms with van der Waals surface area (Å²) in [5, 5.41) is 7.71. The van der Waals surface area contributed by atoms with Crippen LogP contribution in [0.5, 0.6) is 0 Å². The van der Waals surface area contributed by atoms with Gasteiger partial charge in [-0.15, -0.1) is 0 Å². The molecule has 0 bridgehead atoms. The molecule has 0 spiro atoms. The first-order chi connectivity index (χ1) is 2.77. The summed E-state index contributed by atoms with van der Waals surface area (Å²) >= 11 is 0. The molecule has 0 fully saturated rings. The quantitative estimate of drug-likeness (QED) is 0.356. The van der Waals surface area contributed by atoms with Gasteiger partial charge in [0.2, 0.25) is 0 Å². The zero-order valence-electron chi connectivity index (χ0n) is 4.01. The largest absolute Gasteiger partial charge is 3.00 e. The van der Waals surface area contributed by atoms with Crippen LogP contribution in [0.1, 0.15) is 6.92 Å². The molecular weight excluding hydrogens is 169 g/mol. The van der Waals surface area contributed by atoms with E-state index in [1.165, 1.54) is 6.92 Å². The topological polar surface area (TPSA) is 37.3 Å². The van der Waals surface area contributed by atoms with Crippen LogP contribution in [0.15, 0.2) is 6.08 Å². The van der Waals surface area contributed by atoms with Gasteiger partial charge < -0.3 is 9.90 Å². The van der Waals surface area contributed by atoms with Crippen molar-refractivity contribution in [1.82, 2.24) is 0 Å². The molecule has 34 valence electrons. The fourth-order valence-electron chi connectivity index (χ4n) is 0.0909. The maximum absolute atomic E-state index is 9.77. The second kappa shape index (κ2) is 6.31. The van der Waals surface area contributed by atoms with Crippen LogP contribution in [-0.4, -0.2) is 10.9 Å². The van der Waals surface area contributed by atoms with Crippen molar-refractivity contribution in [2.45, 2.75) is 6.92 Å². The Labute approximate surface area is 67.5 Å². The molecule has 0 aliphatic carbocycles. The molecule has 2 nitrogen and oxygen atoms in total. The molecule has 0 aliphatic rings. The molecule has 3 heteroatoms. The van der Waals surface area contributed by atoms with Gasteiger partial charge in [0.1, 0.15) is 0 Å². The summed E-state index contributed by atoms with van der Waals surface area (Å²) < 4.78 is 0. The van der Waals surface area contributed by atoms with E-state index in [0.717, 1.165) is 6.08 Å². The van der Waals surface area contributed by atoms with Crippen LogP contribution in [0.4, 0.5) is 0 Å². The number of carbonyl (C=O) groups excluding carboxylic acids is 1. The Morgan fingerprint density at radius 2 is 2.29 bits per heavy atom. The van der Waals surface area contributed by atoms with E-state index < -0.39 is 0 Å². The maximum Gasteiger partial charge on any atom is 3.00 e. The zero-order chi connectivity index (χ0) is 4.99. The molecule has 0 amide bonds. The number of aliphatic hydroxyl groups is 1. The number of aliphatic hydroxyl groups excluding tert-OH is 1. The Bertz CT molecular complexity index is 77.8. The van der Waals surface area contributed by atoms with Gasteiger partial charge in [0.05, 0.1) is 0 Å². The summed E-state index contributed by atoms with van der Waals surface area (Å²) in [6, 6.07) is 0. The summed E-state index contributed by atoms with van der Waals surface area (Å²) in [7, 11) is 0. The molecule has 0 radical (unpaired) electrons. The molecule has 0 unspecified atom stereocenters. The zero-order valence-corrected chi connectivity index (χ0v) is 6.85. The van der Waals surface area contributed by atoms with E-state index in [-0.39, 0.29) is 38.5 Å². The van der Waals surface area contributed by atoms with E-state index in [1.807, 2.05) is 0 Å². The van der Waals surface area contributed by atoms with Gasteiger partial charge in [-0.3, -0.25) is 0 Å². The van der Waals surface area contributed by atoms with Crippen molar-refractivity contribution in [3.8, 4) is 0 Å². The van der Waals surface area contributed by atoms with E-state index in [2.05, 4.69) is 0 Å². The third kappa shape index (κ3) is 10.7. The molecule has 0 aliphatic heterocycles. The van der Waals surface area contributed by atoms with E-state index >= 15 is 0 Å². The Kier molecular flexibility index (Phi) is 9.31. The number of hydrogen-bond acceptors (Lipinski definition) is 2. The van der Waals surface area contributed by atoms with Crippen molar-refractivity contribution in [1.29, 1.82) is 0 Å². The average molecular weight is 174 g/mol. The fraction of sp³-hybridized carbons (Fsp3) is 0.250. The molecule has 0 saturated heterocycles. The fourth-order valence-corrected chi connectivity index (χ4v) is 0.0909. The number of ketones is 1. The summed E-state index contributed by atoms with van der Waals surface area (Å²) in [6.45, 7) is 1.34. The van der Waals surface area contributed by atoms with Crippen LogP contribution >= 0.6 is 0 Å². The maximum atomic E-state index is 9.77. The Hall–Kier alpha value is 0.314. The molecule has 0 aromatic heterocycles. The Balaban J connectivity index is 0. The van der Waals surface area contributed by atoms with Gasteiger partial charge in [-0.25, -0.2) is 0 Å². The molecule has 1 N–H and O–H groups in total. The molecule has 0 aromatic carbocycles. The molecule has 0 rings (SSSR count). The van der Waals surface area contributed by atoms with Crippen LogP contribution in [0.2, 0.25) is 0 Å². The Morgan fingerprint density at radius 3 is 2.29 bits per heavy atom. The molecular formula is C4H5O2Y+2. The number of rotatable bonds is 1. The van der Waals surface area contributed by atoms with Crippen molar-refractivity contribution in [3.05, 3.63) is 12.3 Å². The normalized spacial score (nSPS) is 8.14. The van der Waals surface area contributed by atoms with E-state index in [9.17, 15) is 4.79 Å². The number of carbonyl (C=O) groups is 1. The molecule has 0 heterocycles. The van der Waals surface area contributed by atoms with Gasteiger partial charge >= 0.3 is 32.7 Å². The van der Waals surface area contributed by atoms with Crippen molar-refractivity contribution in [3.63, 3.8) is 0 Å². The van der Waals surface area contributed by atoms with Crippen LogP contribution in [0, 0.1) is 6.26 Å². The minimum absolute atomic E-state index is 0. The van der Waals surface area contributed by atoms with Crippen molar-refractivity contribution >= 4 is 5.78 Å². The van der Waals surface area contributed by atoms with Crippen LogP contribution < -0.4 is 0 Å². The van der Waals surface area contributed by atoms with Crippen molar-refractivity contribution in [2.75, 3.05) is 0 Å². The van der Waals surface area contributed by atoms with Gasteiger partial charge in [0.25, 0.3) is 0 Å². The Morgan fingerprint density at radius 1 is 1.86 bits per heavy atom. The van der Waals surface area contributed by atoms with Gasteiger partial charge in [-0.1, -0.05) is 13.2 Å². The standard InChI is InChI=1S/C4H5O2.Y/c1-4(6)2-3-5;/h2,5H,1H3;/q-1;+3. The second-order valence-corrected chi connectivity index (χ2v) is 0.884. The third-order valence-electron chi connectivity index (χ3n) is 0.268. The van der Waals surface area contributed by atoms with E-state index in [1.54, 1.807) is 6.26 Å². The van der Waals surface area contributed by atoms with Crippen LogP contribution in [-0.2, 0) is 37.5 Å². The summed E-state index contributed by atoms with van der Waals surface area (Å²) in [6.07, 6.45) is 2.55. The van der Waals surface area contributed by atoms with Gasteiger partial charge in [-0.2, -0.15) is 6.08 Å². The van der Waals surface area contributed by atoms with E-state index in [4.69, 9.17) is 5.11 Å². The van der Waals surface area contributed by atoms with Crippen molar-refractivity contribution < 1.29 is 42.6 Å². The summed E-state index contributed by atoms with van der Waals surface area (Å²) in [4.78, 5) is 9.77. The minimum Gasteiger partial charge on any atom is -0.607 e. The molecule has 0 saturated carbocycles. The first-order valence-electron chi connectivity index (χ1n) is 1.51. The molecule has 0 aromatic rings. The number of allylic oxidation sites excluding steroid dienone is 1. The monoisotopic (exact) mass is 174 g/mol. The average Bonchev–Trinajstić information content (AvgIpc) is 1.35. The second-order valence-electron chi connectivity index (χ2n) is 0.884. The van der Waals surface area contributed by atoms with Gasteiger partial charge in [0.15, 0.2) is 0 Å². The van der Waals surface area contributed by atoms with Crippen LogP contribution in [0.3, 0.4) is 0 Å². The summed E-state index contributed by atoms with van der Waals surface area (Å²) in [5.41, 5.74) is 0. The molecule has 0 atom stereocenters. The van der Waals surface area contributed by atoms with Gasteiger partial charge in [-0.05, 0) is 0 Å². The number of hydrogen-bond donors (Lipinski definition) is 1. The first-order valence-corrected chi connectivity index (χ1v) is 1.51. The predicted octanol–water partition coefficient (Wildman–Crippen LogP) is 0.448. The summed E-state index contributed by atoms with van der Waals surface area (Å²) in [5.74, 6) is -0.197. The van der Waals surface area contributed by atoms with E-state index in [0.29, 0.717) is 0 Å². The van der Waals surface area contributed by atoms with Gasteiger partial charge in [0, 0.05) is 5.78 Å². The van der Waals surface area contributed by atoms with Crippen molar-refractivity contribution in [2.24, 2.45) is 0 Å². The SMILES string of the molecule is CC(=O)C=[C-]O.[Y+3].